The highest BCUT2D eigenvalue weighted by Gasteiger charge is 2.38. The molecule has 5 amide bonds. The molecule has 147 heavy (non-hydrogen) atoms. The third-order valence-corrected chi connectivity index (χ3v) is 28.9. The third kappa shape index (κ3) is 34.2. The largest absolute Gasteiger partial charge is 0.481 e. The molecule has 44 heteroatoms. The van der Waals surface area contributed by atoms with Crippen molar-refractivity contribution in [2.24, 2.45) is 17.6 Å². The number of Topliss-reactive ketones (excluding diaryl/α,β-unsaturated/α-hetero) is 3. The molecule has 2 aliphatic rings. The van der Waals surface area contributed by atoms with E-state index in [9.17, 15) is 122 Å². The fourth-order valence-corrected chi connectivity index (χ4v) is 20.5. The van der Waals surface area contributed by atoms with Crippen LogP contribution in [0.3, 0.4) is 0 Å². The molecule has 11 N–H and O–H groups in total. The minimum atomic E-state index is -1.73. The van der Waals surface area contributed by atoms with E-state index in [1.165, 1.54) is 50.3 Å². The molecule has 9 aromatic rings. The number of carbonyl (C=O) groups excluding carboxylic acids is 12. The van der Waals surface area contributed by atoms with Crippen molar-refractivity contribution in [1.82, 2.24) is 40.7 Å². The third-order valence-electron chi connectivity index (χ3n) is 24.2. The van der Waals surface area contributed by atoms with Crippen LogP contribution >= 0.6 is 43.2 Å². The number of nitro benzene ring substituents is 2. The number of hydrogen-bond acceptors (Lipinski definition) is 31. The molecule has 0 fully saturated rings. The second-order valence-electron chi connectivity index (χ2n) is 35.1. The number of pyridine rings is 3. The molecule has 0 saturated carbocycles. The molecule has 0 bridgehead atoms. The molecule has 40 nitrogen and oxygen atoms in total. The van der Waals surface area contributed by atoms with Gasteiger partial charge in [0, 0.05) is 158 Å². The normalized spacial score (nSPS) is 12.9. The number of aromatic nitrogens is 3. The van der Waals surface area contributed by atoms with E-state index < -0.39 is 154 Å². The van der Waals surface area contributed by atoms with Crippen molar-refractivity contribution < 1.29 is 121 Å². The molecule has 3 aromatic heterocycles. The predicted octanol–water partition coefficient (Wildman–Crippen LogP) is 12.7. The second kappa shape index (κ2) is 57.3. The number of unbranched alkanes of at least 4 members (excludes halogenated alkanes) is 7. The van der Waals surface area contributed by atoms with Crippen LogP contribution in [0.1, 0.15) is 189 Å². The van der Waals surface area contributed by atoms with Crippen molar-refractivity contribution in [3.8, 4) is 22.5 Å². The quantitative estimate of drug-likeness (QED) is 0.00247. The number of benzene rings is 6. The summed E-state index contributed by atoms with van der Waals surface area (Å²) < 4.78 is 18.3. The number of aliphatic carboxylic acids is 4. The van der Waals surface area contributed by atoms with Crippen molar-refractivity contribution in [2.75, 3.05) is 37.0 Å². The van der Waals surface area contributed by atoms with Gasteiger partial charge >= 0.3 is 41.8 Å². The van der Waals surface area contributed by atoms with Gasteiger partial charge in [-0.05, 0) is 130 Å². The van der Waals surface area contributed by atoms with Crippen LogP contribution in [0.5, 0.6) is 0 Å². The number of amides is 5. The lowest BCUT2D eigenvalue weighted by atomic mass is 9.89. The van der Waals surface area contributed by atoms with E-state index in [0.717, 1.165) is 49.4 Å². The molecule has 6 aromatic carbocycles. The van der Waals surface area contributed by atoms with Gasteiger partial charge in [-0.2, -0.15) is 0 Å². The van der Waals surface area contributed by atoms with Crippen LogP contribution in [0, 0.1) is 45.9 Å². The first-order chi connectivity index (χ1) is 70.5. The summed E-state index contributed by atoms with van der Waals surface area (Å²) in [7, 11) is 5.26. The van der Waals surface area contributed by atoms with Crippen LogP contribution in [0.15, 0.2) is 172 Å². The van der Waals surface area contributed by atoms with Crippen molar-refractivity contribution in [3.63, 3.8) is 0 Å². The fraction of sp³-hybridized carbons (Fsp3) is 0.388. The number of ketones is 5. The fourth-order valence-electron chi connectivity index (χ4n) is 16.7. The van der Waals surface area contributed by atoms with Gasteiger partial charge in [-0.15, -0.1) is 0 Å². The van der Waals surface area contributed by atoms with Gasteiger partial charge in [-0.3, -0.25) is 96.9 Å². The first kappa shape index (κ1) is 114. The van der Waals surface area contributed by atoms with E-state index in [1.807, 2.05) is 50.2 Å². The molecular weight excluding hydrogens is 1980 g/mol. The minimum Gasteiger partial charge on any atom is -0.481 e. The van der Waals surface area contributed by atoms with Gasteiger partial charge < -0.3 is 76.1 Å². The van der Waals surface area contributed by atoms with Crippen molar-refractivity contribution in [3.05, 3.63) is 243 Å². The summed E-state index contributed by atoms with van der Waals surface area (Å²) in [4.78, 5) is 258. The number of carbonyl (C=O) groups is 16. The Morgan fingerprint density at radius 2 is 1.00 bits per heavy atom. The van der Waals surface area contributed by atoms with E-state index >= 15 is 0 Å². The summed E-state index contributed by atoms with van der Waals surface area (Å²) >= 11 is 0. The minimum absolute atomic E-state index is 0.00646. The van der Waals surface area contributed by atoms with Crippen LogP contribution in [-0.2, 0) is 102 Å². The number of nitrogens with one attached hydrogen (secondary N) is 5. The topological polar surface area (TPSA) is 611 Å². The maximum absolute atomic E-state index is 14.3. The molecule has 2 aliphatic carbocycles. The standard InChI is InChI=1S/C74H88N8O23S2.C29H25N3O6S2/c1-44-23-26-52-53(34-44)68(93)66-51-27-24-49(82(102)103)39-54(51)71(96)81(67(52)66)31-15-14-22-65(92)104-32-33-106-107-42-48(72(97)98)38-60(86)58(40-64(90)91)78-70(95)55(75)41-76-69(94)47(35-45-16-8-6-9-17-45)37-59(85)57(36-46-18-10-7-11-19-46)77-61(87)21-13-5-3-2-4-12-20-50(84)25-28-56(73(99)100)79-74(101)80-62(105-43-83)29-30-63(88)89;1-18-8-10-21-22(16-18)28(34)26-20-11-9-19(32(36)37)17-23(20)29(35)31(27(21)26)13-5-3-7-25(33)38-14-15-39-40-24-6-2-4-12-30-24/h6-11,16-19,23-24,26-27,34,39,43,47-48,55-58,62H,2-5,12-15,20-22,25,28-33,35-38,40-42,75H2,1H3,(H,76,94)(H,77,87)(H,78,95)(H,88,89)(H,90,91)(H,97,98)(H,99,100)(H2,79,80,101);2,4,6,8-12,16-17H,3,5,7,13-15H2,1H3/t47-,48+,55+,56+,57+,58+,62-;/m1./s1. The van der Waals surface area contributed by atoms with E-state index in [4.69, 9.17) is 20.3 Å². The summed E-state index contributed by atoms with van der Waals surface area (Å²) in [5.41, 5.74) is 11.6. The van der Waals surface area contributed by atoms with Gasteiger partial charge in [-0.1, -0.05) is 160 Å². The number of non-ortho nitro benzene ring substituents is 2. The van der Waals surface area contributed by atoms with Crippen molar-refractivity contribution >= 4 is 171 Å². The lowest BCUT2D eigenvalue weighted by Gasteiger charge is -2.23. The predicted molar refractivity (Wildman–Crippen MR) is 547 cm³/mol. The molecule has 7 atom stereocenters. The van der Waals surface area contributed by atoms with Gasteiger partial charge in [-0.25, -0.2) is 14.6 Å². The molecule has 0 aliphatic heterocycles. The molecule has 3 heterocycles. The summed E-state index contributed by atoms with van der Waals surface area (Å²) in [6.45, 7) is 3.73. The number of rotatable bonds is 62. The number of esters is 2. The Morgan fingerprint density at radius 1 is 0.483 bits per heavy atom. The van der Waals surface area contributed by atoms with E-state index in [-0.39, 0.29) is 166 Å². The molecule has 778 valence electrons. The van der Waals surface area contributed by atoms with Gasteiger partial charge in [0.05, 0.1) is 74.0 Å². The SMILES string of the molecule is Cc1ccc2c(c1)C(=O)c1c-2n(CCCCC(=O)OCCSSC[C@H](CC(=O)[C@H](CC(=O)O)NC(=O)[C@@H](N)CNC(=O)[C@@H](CC(=O)[C@H](Cc2ccccc2)NC(=O)CCCCCCCCC(=O)CC[C@H](NC(=O)N[C@@H](CCC(=O)O)OC=O)C(=O)O)Cc2ccccc2)C(=O)O)c(=O)c2cc([N+](=O)[O-])ccc12.Cc1ccc2c(c1)C(=O)c1c-2n(CCCCC(=O)OCCSSc2ccccn2)c(=O)c2cc([N+](=O)[O-])ccc12. The second-order valence-corrected chi connectivity index (χ2v) is 40.1. The number of hydrogen-bond donors (Lipinski definition) is 10. The van der Waals surface area contributed by atoms with Gasteiger partial charge in [0.2, 0.25) is 17.7 Å². The Morgan fingerprint density at radius 3 is 1.52 bits per heavy atom. The lowest BCUT2D eigenvalue weighted by molar-refractivity contribution is -0.384. The van der Waals surface area contributed by atoms with Gasteiger partial charge in [0.1, 0.15) is 36.1 Å². The molecule has 0 saturated heterocycles. The van der Waals surface area contributed by atoms with Crippen LogP contribution in [0.4, 0.5) is 16.2 Å². The average molecular weight is 2100 g/mol. The monoisotopic (exact) mass is 2100 g/mol. The highest BCUT2D eigenvalue weighted by atomic mass is 33.1. The molecule has 0 spiro atoms. The number of nitrogens with zero attached hydrogens (tertiary/aromatic N) is 5. The molecule has 0 radical (unpaired) electrons. The van der Waals surface area contributed by atoms with Gasteiger partial charge in [0.15, 0.2) is 29.4 Å². The molecular formula is C103H113N11O29S4. The smallest absolute Gasteiger partial charge is 0.326 e. The number of ether oxygens (including phenoxy) is 3. The summed E-state index contributed by atoms with van der Waals surface area (Å²) in [6.07, 6.45) is 3.02. The number of carboxylic acids is 4. The Hall–Kier alpha value is -14.6. The van der Waals surface area contributed by atoms with Gasteiger partial charge in [0.25, 0.3) is 29.0 Å². The molecule has 11 rings (SSSR count). The Balaban J connectivity index is 0.000000455. The number of urea groups is 1. The zero-order valence-corrected chi connectivity index (χ0v) is 83.8. The van der Waals surface area contributed by atoms with Crippen LogP contribution < -0.4 is 43.4 Å². The highest BCUT2D eigenvalue weighted by molar-refractivity contribution is 8.77. The van der Waals surface area contributed by atoms with E-state index in [2.05, 4.69) is 36.3 Å². The first-order valence-corrected chi connectivity index (χ1v) is 52.4. The Kier molecular flexibility index (Phi) is 44.6. The maximum atomic E-state index is 14.3. The summed E-state index contributed by atoms with van der Waals surface area (Å²) in [5.74, 6) is -12.5. The highest BCUT2D eigenvalue weighted by Crippen LogP contribution is 2.43. The maximum Gasteiger partial charge on any atom is 0.326 e. The number of aryl methyl sites for hydroxylation is 2. The Labute approximate surface area is 858 Å². The van der Waals surface area contributed by atoms with Crippen LogP contribution in [-0.4, -0.2) is 207 Å². The van der Waals surface area contributed by atoms with Crippen molar-refractivity contribution in [2.45, 2.75) is 210 Å². The average Bonchev–Trinajstić information content (AvgIpc) is 1.57. The molecule has 0 unspecified atom stereocenters. The zero-order valence-electron chi connectivity index (χ0n) is 80.5. The summed E-state index contributed by atoms with van der Waals surface area (Å²) in [5, 5.41) is 75.1. The lowest BCUT2D eigenvalue weighted by Crippen LogP contribution is -2.53. The van der Waals surface area contributed by atoms with Crippen molar-refractivity contribution in [1.29, 1.82) is 0 Å². The van der Waals surface area contributed by atoms with Crippen LogP contribution in [0.25, 0.3) is 44.1 Å². The summed E-state index contributed by atoms with van der Waals surface area (Å²) in [6, 6.07) is 35.1. The number of fused-ring (bicyclic) bond motifs is 10. The number of carboxylic acid groups (broad SMARTS) is 4. The zero-order chi connectivity index (χ0) is 106. The first-order valence-electron chi connectivity index (χ1n) is 47.6. The number of nitro groups is 2. The van der Waals surface area contributed by atoms with E-state index in [1.54, 1.807) is 95.9 Å². The van der Waals surface area contributed by atoms with Crippen LogP contribution in [0.2, 0.25) is 0 Å². The Bertz CT molecular complexity index is 6490. The number of nitrogens with two attached hydrogens (primary N) is 1. The van der Waals surface area contributed by atoms with E-state index in [0.29, 0.717) is 119 Å².